The van der Waals surface area contributed by atoms with Crippen molar-refractivity contribution in [2.45, 2.75) is 23.1 Å². The molecule has 0 aliphatic rings. The van der Waals surface area contributed by atoms with Gasteiger partial charge in [0.2, 0.25) is 11.0 Å². The zero-order valence-electron chi connectivity index (χ0n) is 14.0. The summed E-state index contributed by atoms with van der Waals surface area (Å²) >= 11 is 2.74. The molecule has 134 valence electrons. The minimum atomic E-state index is -0.352. The van der Waals surface area contributed by atoms with E-state index in [1.54, 1.807) is 6.92 Å². The predicted octanol–water partition coefficient (Wildman–Crippen LogP) is 4.41. The molecule has 2 aromatic carbocycles. The quantitative estimate of drug-likeness (QED) is 0.587. The molecule has 1 aromatic heterocycles. The van der Waals surface area contributed by atoms with Gasteiger partial charge in [-0.2, -0.15) is 0 Å². The van der Waals surface area contributed by atoms with Crippen LogP contribution in [0.5, 0.6) is 0 Å². The standard InChI is InChI=1S/C18H17FN4OS2/c1-12(16(24)21-15-9-7-14(19)8-10-15)25-18-23-22-17(26-18)20-11-13-5-3-2-4-6-13/h2-10,12H,11H2,1H3,(H,20,22)(H,21,24)/t12-/m1/s1. The van der Waals surface area contributed by atoms with Crippen LogP contribution < -0.4 is 10.6 Å². The summed E-state index contributed by atoms with van der Waals surface area (Å²) in [6, 6.07) is 15.7. The molecule has 0 aliphatic heterocycles. The van der Waals surface area contributed by atoms with Crippen molar-refractivity contribution in [3.8, 4) is 0 Å². The lowest BCUT2D eigenvalue weighted by Crippen LogP contribution is -2.22. The topological polar surface area (TPSA) is 66.9 Å². The van der Waals surface area contributed by atoms with E-state index in [9.17, 15) is 9.18 Å². The molecular weight excluding hydrogens is 371 g/mol. The van der Waals surface area contributed by atoms with Gasteiger partial charge in [0.25, 0.3) is 0 Å². The number of carbonyl (C=O) groups excluding carboxylic acids is 1. The van der Waals surface area contributed by atoms with Crippen molar-refractivity contribution in [1.82, 2.24) is 10.2 Å². The summed E-state index contributed by atoms with van der Waals surface area (Å²) in [5, 5.41) is 14.5. The van der Waals surface area contributed by atoms with Crippen molar-refractivity contribution >= 4 is 39.8 Å². The molecule has 0 spiro atoms. The normalized spacial score (nSPS) is 11.8. The molecule has 0 bridgehead atoms. The molecule has 8 heteroatoms. The third-order valence-corrected chi connectivity index (χ3v) is 5.52. The molecule has 1 heterocycles. The van der Waals surface area contributed by atoms with Gasteiger partial charge in [-0.05, 0) is 36.8 Å². The van der Waals surface area contributed by atoms with E-state index in [1.165, 1.54) is 47.4 Å². The van der Waals surface area contributed by atoms with Gasteiger partial charge >= 0.3 is 0 Å². The van der Waals surface area contributed by atoms with Crippen LogP contribution in [0.2, 0.25) is 0 Å². The lowest BCUT2D eigenvalue weighted by atomic mass is 10.2. The first-order chi connectivity index (χ1) is 12.6. The highest BCUT2D eigenvalue weighted by Gasteiger charge is 2.17. The number of hydrogen-bond acceptors (Lipinski definition) is 6. The van der Waals surface area contributed by atoms with E-state index >= 15 is 0 Å². The van der Waals surface area contributed by atoms with E-state index in [4.69, 9.17) is 0 Å². The molecule has 1 amide bonds. The summed E-state index contributed by atoms with van der Waals surface area (Å²) in [5.74, 6) is -0.509. The Bertz CT molecular complexity index is 855. The molecule has 0 unspecified atom stereocenters. The maximum Gasteiger partial charge on any atom is 0.237 e. The Morgan fingerprint density at radius 3 is 2.62 bits per heavy atom. The van der Waals surface area contributed by atoms with Crippen LogP contribution in [0.25, 0.3) is 0 Å². The molecule has 3 aromatic rings. The fraction of sp³-hybridized carbons (Fsp3) is 0.167. The van der Waals surface area contributed by atoms with Gasteiger partial charge in [0, 0.05) is 12.2 Å². The Kier molecular flexibility index (Phi) is 6.19. The van der Waals surface area contributed by atoms with Crippen LogP contribution in [0, 0.1) is 5.82 Å². The van der Waals surface area contributed by atoms with Gasteiger partial charge in [-0.1, -0.05) is 53.4 Å². The minimum Gasteiger partial charge on any atom is -0.356 e. The lowest BCUT2D eigenvalue weighted by Gasteiger charge is -2.10. The number of hydrogen-bond donors (Lipinski definition) is 2. The third-order valence-electron chi connectivity index (χ3n) is 3.45. The maximum atomic E-state index is 12.9. The molecule has 0 saturated carbocycles. The Balaban J connectivity index is 1.51. The zero-order chi connectivity index (χ0) is 18.4. The minimum absolute atomic E-state index is 0.171. The number of nitrogens with zero attached hydrogens (tertiary/aromatic N) is 2. The van der Waals surface area contributed by atoms with Crippen LogP contribution in [0.1, 0.15) is 12.5 Å². The average Bonchev–Trinajstić information content (AvgIpc) is 3.10. The molecule has 26 heavy (non-hydrogen) atoms. The van der Waals surface area contributed by atoms with Crippen molar-refractivity contribution < 1.29 is 9.18 Å². The monoisotopic (exact) mass is 388 g/mol. The number of halogens is 1. The smallest absolute Gasteiger partial charge is 0.237 e. The number of thioether (sulfide) groups is 1. The number of aromatic nitrogens is 2. The molecule has 0 radical (unpaired) electrons. The second-order valence-electron chi connectivity index (χ2n) is 5.47. The molecule has 0 fully saturated rings. The predicted molar refractivity (Wildman–Crippen MR) is 104 cm³/mol. The van der Waals surface area contributed by atoms with Crippen LogP contribution in [-0.4, -0.2) is 21.4 Å². The van der Waals surface area contributed by atoms with Gasteiger partial charge in [0.15, 0.2) is 4.34 Å². The second kappa shape index (κ2) is 8.77. The number of carbonyl (C=O) groups is 1. The number of benzene rings is 2. The first-order valence-electron chi connectivity index (χ1n) is 7.94. The summed E-state index contributed by atoms with van der Waals surface area (Å²) < 4.78 is 13.6. The van der Waals surface area contributed by atoms with Gasteiger partial charge in [-0.3, -0.25) is 4.79 Å². The Morgan fingerprint density at radius 1 is 1.15 bits per heavy atom. The lowest BCUT2D eigenvalue weighted by molar-refractivity contribution is -0.115. The molecule has 1 atom stereocenters. The SMILES string of the molecule is C[C@@H](Sc1nnc(NCc2ccccc2)s1)C(=O)Nc1ccc(F)cc1. The first kappa shape index (κ1) is 18.3. The summed E-state index contributed by atoms with van der Waals surface area (Å²) in [6.45, 7) is 2.46. The van der Waals surface area contributed by atoms with E-state index in [-0.39, 0.29) is 17.0 Å². The zero-order valence-corrected chi connectivity index (χ0v) is 15.6. The number of anilines is 2. The summed E-state index contributed by atoms with van der Waals surface area (Å²) in [6.07, 6.45) is 0. The van der Waals surface area contributed by atoms with Crippen molar-refractivity contribution in [2.75, 3.05) is 10.6 Å². The molecule has 3 rings (SSSR count). The van der Waals surface area contributed by atoms with E-state index in [2.05, 4.69) is 20.8 Å². The van der Waals surface area contributed by atoms with Gasteiger partial charge < -0.3 is 10.6 Å². The highest BCUT2D eigenvalue weighted by molar-refractivity contribution is 8.02. The molecule has 2 N–H and O–H groups in total. The van der Waals surface area contributed by atoms with Crippen LogP contribution in [0.15, 0.2) is 58.9 Å². The third kappa shape index (κ3) is 5.27. The summed E-state index contributed by atoms with van der Waals surface area (Å²) in [7, 11) is 0. The van der Waals surface area contributed by atoms with Crippen molar-refractivity contribution in [3.05, 3.63) is 66.0 Å². The van der Waals surface area contributed by atoms with Gasteiger partial charge in [-0.15, -0.1) is 10.2 Å². The molecule has 5 nitrogen and oxygen atoms in total. The van der Waals surface area contributed by atoms with Gasteiger partial charge in [0.1, 0.15) is 5.82 Å². The average molecular weight is 388 g/mol. The Morgan fingerprint density at radius 2 is 1.88 bits per heavy atom. The Labute approximate surface area is 159 Å². The number of nitrogens with one attached hydrogen (secondary N) is 2. The molecule has 0 aliphatic carbocycles. The number of rotatable bonds is 7. The largest absolute Gasteiger partial charge is 0.356 e. The van der Waals surface area contributed by atoms with Crippen molar-refractivity contribution in [3.63, 3.8) is 0 Å². The van der Waals surface area contributed by atoms with Gasteiger partial charge in [0.05, 0.1) is 5.25 Å². The highest BCUT2D eigenvalue weighted by Crippen LogP contribution is 2.29. The van der Waals surface area contributed by atoms with E-state index in [1.807, 2.05) is 30.3 Å². The van der Waals surface area contributed by atoms with Crippen LogP contribution in [0.3, 0.4) is 0 Å². The van der Waals surface area contributed by atoms with Crippen LogP contribution >= 0.6 is 23.1 Å². The van der Waals surface area contributed by atoms with Crippen LogP contribution in [-0.2, 0) is 11.3 Å². The maximum absolute atomic E-state index is 12.9. The van der Waals surface area contributed by atoms with Gasteiger partial charge in [-0.25, -0.2) is 4.39 Å². The van der Waals surface area contributed by atoms with Crippen molar-refractivity contribution in [1.29, 1.82) is 0 Å². The fourth-order valence-electron chi connectivity index (χ4n) is 2.08. The fourth-order valence-corrected chi connectivity index (χ4v) is 3.98. The van der Waals surface area contributed by atoms with Crippen LogP contribution in [0.4, 0.5) is 15.2 Å². The Hall–Kier alpha value is -2.45. The van der Waals surface area contributed by atoms with E-state index in [0.29, 0.717) is 21.7 Å². The molecule has 0 saturated heterocycles. The number of amides is 1. The first-order valence-corrected chi connectivity index (χ1v) is 9.64. The highest BCUT2D eigenvalue weighted by atomic mass is 32.2. The summed E-state index contributed by atoms with van der Waals surface area (Å²) in [4.78, 5) is 12.2. The summed E-state index contributed by atoms with van der Waals surface area (Å²) in [5.41, 5.74) is 1.72. The molecular formula is C18H17FN4OS2. The van der Waals surface area contributed by atoms with E-state index < -0.39 is 0 Å². The second-order valence-corrected chi connectivity index (χ2v) is 8.03. The van der Waals surface area contributed by atoms with E-state index in [0.717, 1.165) is 5.56 Å². The van der Waals surface area contributed by atoms with Crippen molar-refractivity contribution in [2.24, 2.45) is 0 Å².